The van der Waals surface area contributed by atoms with Crippen LogP contribution in [0.25, 0.3) is 0 Å². The van der Waals surface area contributed by atoms with Gasteiger partial charge < -0.3 is 10.1 Å². The van der Waals surface area contributed by atoms with Crippen LogP contribution in [0.3, 0.4) is 0 Å². The van der Waals surface area contributed by atoms with Crippen molar-refractivity contribution in [2.24, 2.45) is 0 Å². The quantitative estimate of drug-likeness (QED) is 0.549. The Balaban J connectivity index is 2.40. The molecule has 0 aliphatic carbocycles. The first-order valence-electron chi connectivity index (χ1n) is 3.46. The molecule has 0 aromatic heterocycles. The molecule has 10 heavy (non-hydrogen) atoms. The van der Waals surface area contributed by atoms with Crippen molar-refractivity contribution in [2.75, 3.05) is 13.1 Å². The van der Waals surface area contributed by atoms with Crippen LogP contribution in [0.15, 0.2) is 0 Å². The highest BCUT2D eigenvalue weighted by atomic mass is 127. The molecule has 2 nitrogen and oxygen atoms in total. The van der Waals surface area contributed by atoms with Crippen LogP contribution in [0.2, 0.25) is 0 Å². The number of halogens is 1. The summed E-state index contributed by atoms with van der Waals surface area (Å²) in [5, 5.41) is 5.38. The fourth-order valence-electron chi connectivity index (χ4n) is 1.08. The van der Waals surface area contributed by atoms with Crippen LogP contribution >= 0.6 is 22.4 Å². The zero-order valence-electron chi connectivity index (χ0n) is 6.36. The predicted molar refractivity (Wildman–Crippen MR) is 51.6 cm³/mol. The van der Waals surface area contributed by atoms with Gasteiger partial charge in [-0.3, -0.25) is 0 Å². The Morgan fingerprint density at radius 3 is 2.80 bits per heavy atom. The van der Waals surface area contributed by atoms with Crippen LogP contribution < -0.4 is 5.32 Å². The van der Waals surface area contributed by atoms with E-state index in [1.165, 1.54) is 0 Å². The molecule has 1 heterocycles. The minimum absolute atomic E-state index is 0.00455. The van der Waals surface area contributed by atoms with Gasteiger partial charge in [0.2, 0.25) is 5.14 Å². The lowest BCUT2D eigenvalue weighted by atomic mass is 9.95. The standard InChI is InChI=1S/C6H12BINO/c1-6(2)4-9-3-5(7-8)10-6/h5,9H,3-4H2,1-2H3/t5-/m0/s1. The topological polar surface area (TPSA) is 21.3 Å². The van der Waals surface area contributed by atoms with Crippen molar-refractivity contribution in [1.29, 1.82) is 0 Å². The summed E-state index contributed by atoms with van der Waals surface area (Å²) in [5.74, 6) is 0. The molecule has 0 unspecified atom stereocenters. The summed E-state index contributed by atoms with van der Waals surface area (Å²) >= 11 is 2.23. The molecule has 1 saturated heterocycles. The summed E-state index contributed by atoms with van der Waals surface area (Å²) < 4.78 is 5.70. The van der Waals surface area contributed by atoms with Crippen LogP contribution in [-0.4, -0.2) is 29.8 Å². The molecule has 0 saturated carbocycles. The van der Waals surface area contributed by atoms with Crippen molar-refractivity contribution in [3.63, 3.8) is 0 Å². The first kappa shape index (κ1) is 8.81. The van der Waals surface area contributed by atoms with Gasteiger partial charge in [-0.1, -0.05) is 0 Å². The van der Waals surface area contributed by atoms with Gasteiger partial charge in [0.05, 0.1) is 11.6 Å². The van der Waals surface area contributed by atoms with Gasteiger partial charge in [0, 0.05) is 13.1 Å². The molecule has 1 aliphatic heterocycles. The third kappa shape index (κ3) is 2.40. The Morgan fingerprint density at radius 1 is 1.70 bits per heavy atom. The van der Waals surface area contributed by atoms with Crippen molar-refractivity contribution in [3.8, 4) is 0 Å². The number of hydrogen-bond acceptors (Lipinski definition) is 2. The highest BCUT2D eigenvalue weighted by Crippen LogP contribution is 2.15. The van der Waals surface area contributed by atoms with Crippen LogP contribution in [0, 0.1) is 0 Å². The molecule has 57 valence electrons. The lowest BCUT2D eigenvalue weighted by Gasteiger charge is -2.35. The molecule has 1 rings (SSSR count). The van der Waals surface area contributed by atoms with Gasteiger partial charge in [0.15, 0.2) is 0 Å². The molecule has 1 aliphatic rings. The van der Waals surface area contributed by atoms with Crippen molar-refractivity contribution >= 4 is 27.5 Å². The first-order chi connectivity index (χ1) is 4.64. The van der Waals surface area contributed by atoms with Gasteiger partial charge >= 0.3 is 0 Å². The molecule has 4 heteroatoms. The average molecular weight is 252 g/mol. The van der Waals surface area contributed by atoms with E-state index in [0.29, 0.717) is 0 Å². The van der Waals surface area contributed by atoms with E-state index in [1.807, 2.05) is 0 Å². The van der Waals surface area contributed by atoms with Gasteiger partial charge in [-0.25, -0.2) is 0 Å². The molecule has 1 atom stereocenters. The molecule has 1 N–H and O–H groups in total. The monoisotopic (exact) mass is 252 g/mol. The fraction of sp³-hybridized carbons (Fsp3) is 1.00. The van der Waals surface area contributed by atoms with E-state index < -0.39 is 0 Å². The summed E-state index contributed by atoms with van der Waals surface area (Å²) in [6.07, 6.45) is 0. The molecular formula is C6H12BINO. The van der Waals surface area contributed by atoms with Crippen LogP contribution in [0.1, 0.15) is 13.8 Å². The van der Waals surface area contributed by atoms with E-state index in [9.17, 15) is 0 Å². The van der Waals surface area contributed by atoms with Gasteiger partial charge in [-0.2, -0.15) is 22.4 Å². The summed E-state index contributed by atoms with van der Waals surface area (Å²) in [7, 11) is 0. The third-order valence-electron chi connectivity index (χ3n) is 1.51. The zero-order chi connectivity index (χ0) is 7.61. The largest absolute Gasteiger partial charge is 0.378 e. The Labute approximate surface area is 76.2 Å². The van der Waals surface area contributed by atoms with Gasteiger partial charge in [0.25, 0.3) is 0 Å². The molecule has 0 spiro atoms. The second-order valence-corrected chi connectivity index (χ2v) is 3.89. The van der Waals surface area contributed by atoms with Crippen molar-refractivity contribution in [3.05, 3.63) is 0 Å². The Hall–Kier alpha value is 0.715. The van der Waals surface area contributed by atoms with Crippen molar-refractivity contribution < 1.29 is 4.74 Å². The predicted octanol–water partition coefficient (Wildman–Crippen LogP) is 0.765. The number of ether oxygens (including phenoxy) is 1. The van der Waals surface area contributed by atoms with E-state index in [2.05, 4.69) is 46.7 Å². The highest BCUT2D eigenvalue weighted by molar-refractivity contribution is 14.1. The van der Waals surface area contributed by atoms with Gasteiger partial charge in [-0.05, 0) is 13.8 Å². The summed E-state index contributed by atoms with van der Waals surface area (Å²) in [6, 6.07) is 0.282. The smallest absolute Gasteiger partial charge is 0.238 e. The molecular weight excluding hydrogens is 240 g/mol. The minimum atomic E-state index is 0.00455. The minimum Gasteiger partial charge on any atom is -0.378 e. The van der Waals surface area contributed by atoms with Crippen LogP contribution in [0.5, 0.6) is 0 Å². The molecule has 0 bridgehead atoms. The third-order valence-corrected chi connectivity index (χ3v) is 2.31. The second kappa shape index (κ2) is 3.41. The lowest BCUT2D eigenvalue weighted by molar-refractivity contribution is -0.0592. The number of nitrogens with one attached hydrogen (secondary N) is 1. The maximum absolute atomic E-state index is 5.70. The Morgan fingerprint density at radius 2 is 2.40 bits per heavy atom. The lowest BCUT2D eigenvalue weighted by Crippen LogP contribution is -2.51. The molecule has 0 aromatic rings. The molecule has 1 radical (unpaired) electrons. The van der Waals surface area contributed by atoms with Gasteiger partial charge in [-0.15, -0.1) is 0 Å². The second-order valence-electron chi connectivity index (χ2n) is 3.17. The van der Waals surface area contributed by atoms with E-state index >= 15 is 0 Å². The van der Waals surface area contributed by atoms with Gasteiger partial charge in [0.1, 0.15) is 0 Å². The van der Waals surface area contributed by atoms with E-state index in [1.54, 1.807) is 0 Å². The maximum atomic E-state index is 5.70. The van der Waals surface area contributed by atoms with E-state index in [-0.39, 0.29) is 11.6 Å². The normalized spacial score (nSPS) is 31.7. The maximum Gasteiger partial charge on any atom is 0.238 e. The average Bonchev–Trinajstić information content (AvgIpc) is 1.86. The summed E-state index contributed by atoms with van der Waals surface area (Å²) in [4.78, 5) is 0. The van der Waals surface area contributed by atoms with E-state index in [4.69, 9.17) is 4.74 Å². The number of hydrogen-bond donors (Lipinski definition) is 1. The SMILES string of the molecule is CC1(C)CNC[C@@H]([B]I)O1. The number of morpholine rings is 1. The Bertz CT molecular complexity index is 120. The zero-order valence-corrected chi connectivity index (χ0v) is 8.51. The van der Waals surface area contributed by atoms with E-state index in [0.717, 1.165) is 13.1 Å². The van der Waals surface area contributed by atoms with Crippen LogP contribution in [0.4, 0.5) is 0 Å². The number of rotatable bonds is 1. The molecule has 1 fully saturated rings. The fourth-order valence-corrected chi connectivity index (χ4v) is 1.48. The van der Waals surface area contributed by atoms with Crippen molar-refractivity contribution in [2.45, 2.75) is 25.5 Å². The first-order valence-corrected chi connectivity index (χ1v) is 4.71. The van der Waals surface area contributed by atoms with Crippen molar-refractivity contribution in [1.82, 2.24) is 5.32 Å². The molecule has 0 amide bonds. The summed E-state index contributed by atoms with van der Waals surface area (Å²) in [6.45, 7) is 6.11. The summed E-state index contributed by atoms with van der Waals surface area (Å²) in [5.41, 5.74) is 0.00455. The Kier molecular flexibility index (Phi) is 3.00. The highest BCUT2D eigenvalue weighted by Gasteiger charge is 2.27. The molecule has 0 aromatic carbocycles. The van der Waals surface area contributed by atoms with Crippen LogP contribution in [-0.2, 0) is 4.74 Å².